The molecule has 0 saturated heterocycles. The van der Waals surface area contributed by atoms with Crippen LogP contribution in [0, 0.1) is 11.2 Å². The zero-order valence-electron chi connectivity index (χ0n) is 18.6. The van der Waals surface area contributed by atoms with Crippen LogP contribution in [0.1, 0.15) is 36.2 Å². The zero-order chi connectivity index (χ0) is 25.7. The molecule has 11 heteroatoms. The first-order chi connectivity index (χ1) is 17.1. The molecule has 0 unspecified atom stereocenters. The van der Waals surface area contributed by atoms with E-state index in [0.29, 0.717) is 19.3 Å². The van der Waals surface area contributed by atoms with Crippen LogP contribution in [0.25, 0.3) is 11.0 Å². The largest absolute Gasteiger partial charge is 0.484 e. The van der Waals surface area contributed by atoms with Gasteiger partial charge in [0.05, 0.1) is 10.4 Å². The summed E-state index contributed by atoms with van der Waals surface area (Å²) in [6.45, 7) is -3.34. The van der Waals surface area contributed by atoms with Crippen molar-refractivity contribution in [3.8, 4) is 11.5 Å². The predicted molar refractivity (Wildman–Crippen MR) is 122 cm³/mol. The van der Waals surface area contributed by atoms with Crippen molar-refractivity contribution in [2.75, 3.05) is 6.61 Å². The molecule has 1 aromatic heterocycles. The molecule has 3 aromatic rings. The van der Waals surface area contributed by atoms with Crippen LogP contribution in [0.15, 0.2) is 51.7 Å². The van der Waals surface area contributed by atoms with Crippen molar-refractivity contribution in [3.05, 3.63) is 69.3 Å². The van der Waals surface area contributed by atoms with Crippen LogP contribution in [0.2, 0.25) is 5.02 Å². The summed E-state index contributed by atoms with van der Waals surface area (Å²) in [5, 5.41) is 3.00. The Morgan fingerprint density at radius 3 is 2.50 bits per heavy atom. The van der Waals surface area contributed by atoms with Gasteiger partial charge in [-0.2, -0.15) is 8.78 Å². The number of fused-ring (bicyclic) bond motifs is 1. The third-order valence-electron chi connectivity index (χ3n) is 6.54. The Kier molecular flexibility index (Phi) is 5.94. The van der Waals surface area contributed by atoms with Crippen molar-refractivity contribution in [1.29, 1.82) is 0 Å². The second kappa shape index (κ2) is 8.85. The molecule has 7 nitrogen and oxygen atoms in total. The number of hydrogen-bond donors (Lipinski definition) is 1. The number of ketones is 1. The summed E-state index contributed by atoms with van der Waals surface area (Å²) in [6, 6.07) is 8.64. The van der Waals surface area contributed by atoms with E-state index in [2.05, 4.69) is 10.1 Å². The van der Waals surface area contributed by atoms with E-state index in [-0.39, 0.29) is 63.4 Å². The van der Waals surface area contributed by atoms with Crippen molar-refractivity contribution in [3.63, 3.8) is 0 Å². The van der Waals surface area contributed by atoms with Gasteiger partial charge in [-0.3, -0.25) is 14.4 Å². The average molecular weight is 522 g/mol. The van der Waals surface area contributed by atoms with E-state index < -0.39 is 23.4 Å². The van der Waals surface area contributed by atoms with Gasteiger partial charge < -0.3 is 19.2 Å². The fourth-order valence-corrected chi connectivity index (χ4v) is 5.36. The maximum atomic E-state index is 13.5. The molecule has 6 rings (SSSR count). The molecule has 0 aliphatic heterocycles. The van der Waals surface area contributed by atoms with E-state index in [9.17, 15) is 27.6 Å². The minimum absolute atomic E-state index is 0.0223. The normalized spacial score (nSPS) is 22.0. The Bertz CT molecular complexity index is 1420. The van der Waals surface area contributed by atoms with Gasteiger partial charge in [0, 0.05) is 30.2 Å². The molecule has 2 bridgehead atoms. The van der Waals surface area contributed by atoms with Gasteiger partial charge in [0.25, 0.3) is 5.91 Å². The smallest absolute Gasteiger partial charge is 0.387 e. The predicted octanol–water partition coefficient (Wildman–Crippen LogP) is 4.88. The average Bonchev–Trinajstić information content (AvgIpc) is 2.76. The number of Topliss-reactive ketones (excluding diaryl/α,β-unsaturated/α-hetero) is 1. The number of ether oxygens (including phenoxy) is 2. The van der Waals surface area contributed by atoms with Crippen LogP contribution in [0.4, 0.5) is 13.2 Å². The van der Waals surface area contributed by atoms with Crippen molar-refractivity contribution in [2.24, 2.45) is 5.41 Å². The molecule has 0 radical (unpaired) electrons. The van der Waals surface area contributed by atoms with Gasteiger partial charge in [-0.05, 0) is 48.9 Å². The summed E-state index contributed by atoms with van der Waals surface area (Å²) >= 11 is 5.62. The Morgan fingerprint density at radius 1 is 1.08 bits per heavy atom. The first-order valence-electron chi connectivity index (χ1n) is 11.0. The number of carbonyl (C=O) groups is 2. The molecule has 3 fully saturated rings. The third kappa shape index (κ3) is 4.65. The van der Waals surface area contributed by atoms with E-state index in [1.165, 1.54) is 24.3 Å². The van der Waals surface area contributed by atoms with Crippen molar-refractivity contribution < 1.29 is 36.7 Å². The summed E-state index contributed by atoms with van der Waals surface area (Å²) in [5.41, 5.74) is -1.22. The third-order valence-corrected chi connectivity index (χ3v) is 6.85. The lowest BCUT2D eigenvalue weighted by molar-refractivity contribution is -0.164. The summed E-state index contributed by atoms with van der Waals surface area (Å²) in [5.74, 6) is -1.57. The summed E-state index contributed by atoms with van der Waals surface area (Å²) in [7, 11) is 0. The molecule has 0 spiro atoms. The number of alkyl halides is 2. The van der Waals surface area contributed by atoms with Gasteiger partial charge in [-0.25, -0.2) is 4.39 Å². The maximum absolute atomic E-state index is 13.5. The summed E-state index contributed by atoms with van der Waals surface area (Å²) in [6.07, 6.45) is 1.86. The zero-order valence-corrected chi connectivity index (χ0v) is 19.4. The molecule has 2 aromatic carbocycles. The van der Waals surface area contributed by atoms with E-state index >= 15 is 0 Å². The molecule has 36 heavy (non-hydrogen) atoms. The minimum atomic E-state index is -3.04. The van der Waals surface area contributed by atoms with Gasteiger partial charge >= 0.3 is 6.61 Å². The number of benzene rings is 2. The fraction of sp³-hybridized carbons (Fsp3) is 0.320. The van der Waals surface area contributed by atoms with Gasteiger partial charge in [0.1, 0.15) is 22.9 Å². The highest BCUT2D eigenvalue weighted by Gasteiger charge is 2.68. The molecular formula is C25H19ClF3NO6. The second-order valence-electron chi connectivity index (χ2n) is 9.33. The summed E-state index contributed by atoms with van der Waals surface area (Å²) < 4.78 is 53.6. The van der Waals surface area contributed by atoms with E-state index in [1.807, 2.05) is 0 Å². The highest BCUT2D eigenvalue weighted by molar-refractivity contribution is 6.30. The molecule has 3 aliphatic rings. The number of halogens is 4. The minimum Gasteiger partial charge on any atom is -0.484 e. The van der Waals surface area contributed by atoms with Crippen LogP contribution in [-0.4, -0.2) is 30.4 Å². The standard InChI is InChI=1S/C25H19ClF3NO6/c26-16-4-2-13(5-17(16)27)34-9-22(33)30-25-10-24(11-25,12-25)8-19(32)21-7-18(31)15-3-1-14(35-23(28)29)6-20(15)36-21/h1-7,23H,8-12H2,(H,30,33). The highest BCUT2D eigenvalue weighted by atomic mass is 35.5. The van der Waals surface area contributed by atoms with Crippen LogP contribution in [0.3, 0.4) is 0 Å². The fourth-order valence-electron chi connectivity index (χ4n) is 5.24. The molecule has 1 amide bonds. The van der Waals surface area contributed by atoms with Crippen LogP contribution < -0.4 is 20.2 Å². The molecule has 1 N–H and O–H groups in total. The second-order valence-corrected chi connectivity index (χ2v) is 9.74. The van der Waals surface area contributed by atoms with Crippen molar-refractivity contribution >= 4 is 34.3 Å². The molecule has 3 saturated carbocycles. The number of hydrogen-bond acceptors (Lipinski definition) is 6. The Morgan fingerprint density at radius 2 is 1.81 bits per heavy atom. The SMILES string of the molecule is O=C(COc1ccc(Cl)c(F)c1)NC12CC(CC(=O)c3cc(=O)c4ccc(OC(F)F)cc4o3)(C1)C2. The molecule has 3 aliphatic carbocycles. The number of rotatable bonds is 9. The first kappa shape index (κ1) is 24.2. The Labute approximate surface area is 207 Å². The maximum Gasteiger partial charge on any atom is 0.387 e. The van der Waals surface area contributed by atoms with Gasteiger partial charge in [0.15, 0.2) is 23.6 Å². The van der Waals surface area contributed by atoms with E-state index in [1.54, 1.807) is 0 Å². The lowest BCUT2D eigenvalue weighted by atomic mass is 9.38. The van der Waals surface area contributed by atoms with E-state index in [4.69, 9.17) is 20.8 Å². The first-order valence-corrected chi connectivity index (χ1v) is 11.4. The monoisotopic (exact) mass is 521 g/mol. The molecular weight excluding hydrogens is 503 g/mol. The quantitative estimate of drug-likeness (QED) is 0.403. The topological polar surface area (TPSA) is 94.8 Å². The van der Waals surface area contributed by atoms with Crippen LogP contribution in [-0.2, 0) is 4.79 Å². The summed E-state index contributed by atoms with van der Waals surface area (Å²) in [4.78, 5) is 37.5. The van der Waals surface area contributed by atoms with Gasteiger partial charge in [-0.15, -0.1) is 0 Å². The lowest BCUT2D eigenvalue weighted by Gasteiger charge is -2.70. The van der Waals surface area contributed by atoms with Gasteiger partial charge in [-0.1, -0.05) is 11.6 Å². The van der Waals surface area contributed by atoms with E-state index in [0.717, 1.165) is 18.2 Å². The Hall–Kier alpha value is -3.53. The van der Waals surface area contributed by atoms with Crippen LogP contribution in [0.5, 0.6) is 11.5 Å². The Balaban J connectivity index is 1.17. The lowest BCUT2D eigenvalue weighted by Crippen LogP contribution is -2.75. The van der Waals surface area contributed by atoms with Gasteiger partial charge in [0.2, 0.25) is 0 Å². The number of nitrogens with one attached hydrogen (secondary N) is 1. The van der Waals surface area contributed by atoms with Crippen molar-refractivity contribution in [2.45, 2.75) is 37.8 Å². The highest BCUT2D eigenvalue weighted by Crippen LogP contribution is 2.69. The molecule has 1 heterocycles. The van der Waals surface area contributed by atoms with Crippen molar-refractivity contribution in [1.82, 2.24) is 5.32 Å². The van der Waals surface area contributed by atoms with Crippen LogP contribution >= 0.6 is 11.6 Å². The number of amides is 1. The molecule has 188 valence electrons. The number of carbonyl (C=O) groups excluding carboxylic acids is 2. The molecule has 0 atom stereocenters.